The zero-order valence-corrected chi connectivity index (χ0v) is 22.0. The van der Waals surface area contributed by atoms with Gasteiger partial charge in [0.2, 0.25) is 5.91 Å². The summed E-state index contributed by atoms with van der Waals surface area (Å²) in [7, 11) is 0. The molecule has 1 aliphatic heterocycles. The summed E-state index contributed by atoms with van der Waals surface area (Å²) in [5.41, 5.74) is 3.81. The highest BCUT2D eigenvalue weighted by Gasteiger charge is 2.23. The number of rotatable bonds is 7. The molecule has 3 aromatic rings. The van der Waals surface area contributed by atoms with Gasteiger partial charge in [-0.05, 0) is 81.4 Å². The summed E-state index contributed by atoms with van der Waals surface area (Å²) in [5.74, 6) is -1.01. The molecule has 1 aliphatic rings. The Labute approximate surface area is 222 Å². The molecule has 1 heterocycles. The Morgan fingerprint density at radius 3 is 2.00 bits per heavy atom. The van der Waals surface area contributed by atoms with Gasteiger partial charge >= 0.3 is 0 Å². The van der Waals surface area contributed by atoms with Crippen molar-refractivity contribution in [3.8, 4) is 0 Å². The summed E-state index contributed by atoms with van der Waals surface area (Å²) in [6.07, 6.45) is 0. The third-order valence-corrected chi connectivity index (χ3v) is 6.67. The Morgan fingerprint density at radius 1 is 0.842 bits per heavy atom. The molecular formula is C30H33FN4O3. The fourth-order valence-electron chi connectivity index (χ4n) is 4.40. The topological polar surface area (TPSA) is 73.0 Å². The zero-order chi connectivity index (χ0) is 27.2. The van der Waals surface area contributed by atoms with E-state index >= 15 is 0 Å². The summed E-state index contributed by atoms with van der Waals surface area (Å²) >= 11 is 0. The quantitative estimate of drug-likeness (QED) is 0.499. The fourth-order valence-corrected chi connectivity index (χ4v) is 4.40. The van der Waals surface area contributed by atoms with Gasteiger partial charge in [-0.3, -0.25) is 14.4 Å². The van der Waals surface area contributed by atoms with E-state index < -0.39 is 5.82 Å². The van der Waals surface area contributed by atoms with E-state index in [1.165, 1.54) is 29.2 Å². The molecule has 0 radical (unpaired) electrons. The highest BCUT2D eigenvalue weighted by Crippen LogP contribution is 2.21. The van der Waals surface area contributed by atoms with E-state index in [1.807, 2.05) is 74.2 Å². The van der Waals surface area contributed by atoms with E-state index in [0.29, 0.717) is 29.9 Å². The fraction of sp³-hybridized carbons (Fsp3) is 0.300. The maximum atomic E-state index is 13.2. The molecule has 0 spiro atoms. The van der Waals surface area contributed by atoms with Crippen molar-refractivity contribution in [1.82, 2.24) is 9.80 Å². The predicted octanol–water partition coefficient (Wildman–Crippen LogP) is 4.59. The van der Waals surface area contributed by atoms with Crippen molar-refractivity contribution in [1.29, 1.82) is 0 Å². The number of carbonyl (C=O) groups excluding carboxylic acids is 3. The molecular weight excluding hydrogens is 483 g/mol. The third-order valence-electron chi connectivity index (χ3n) is 6.67. The molecule has 3 aromatic carbocycles. The minimum Gasteiger partial charge on any atom is -0.368 e. The average Bonchev–Trinajstić information content (AvgIpc) is 2.92. The highest BCUT2D eigenvalue weighted by molar-refractivity contribution is 5.99. The summed E-state index contributed by atoms with van der Waals surface area (Å²) in [4.78, 5) is 43.9. The number of nitrogens with one attached hydrogen (secondary N) is 1. The van der Waals surface area contributed by atoms with Crippen LogP contribution < -0.4 is 10.2 Å². The molecule has 4 rings (SSSR count). The van der Waals surface area contributed by atoms with E-state index in [4.69, 9.17) is 0 Å². The first kappa shape index (κ1) is 26.9. The van der Waals surface area contributed by atoms with E-state index in [0.717, 1.165) is 24.3 Å². The average molecular weight is 517 g/mol. The van der Waals surface area contributed by atoms with Crippen molar-refractivity contribution in [3.05, 3.63) is 95.3 Å². The van der Waals surface area contributed by atoms with Crippen molar-refractivity contribution < 1.29 is 18.8 Å². The Kier molecular flexibility index (Phi) is 8.41. The number of carbonyl (C=O) groups is 3. The number of hydrogen-bond acceptors (Lipinski definition) is 4. The second-order valence-corrected chi connectivity index (χ2v) is 9.77. The van der Waals surface area contributed by atoms with Gasteiger partial charge in [0, 0.05) is 54.7 Å². The maximum absolute atomic E-state index is 13.2. The van der Waals surface area contributed by atoms with Crippen molar-refractivity contribution >= 4 is 29.1 Å². The maximum Gasteiger partial charge on any atom is 0.254 e. The van der Waals surface area contributed by atoms with Gasteiger partial charge in [-0.25, -0.2) is 4.39 Å². The highest BCUT2D eigenvalue weighted by atomic mass is 19.1. The lowest BCUT2D eigenvalue weighted by Crippen LogP contribution is -2.48. The van der Waals surface area contributed by atoms with Gasteiger partial charge in [-0.2, -0.15) is 0 Å². The Balaban J connectivity index is 1.30. The van der Waals surface area contributed by atoms with Crippen LogP contribution in [0.4, 0.5) is 15.8 Å². The first-order chi connectivity index (χ1) is 18.2. The minimum atomic E-state index is -0.420. The van der Waals surface area contributed by atoms with E-state index in [1.54, 1.807) is 0 Å². The molecule has 1 saturated heterocycles. The molecule has 0 atom stereocenters. The number of piperazine rings is 1. The summed E-state index contributed by atoms with van der Waals surface area (Å²) in [6.45, 7) is 8.26. The molecule has 3 amide bonds. The minimum absolute atomic E-state index is 0.0519. The smallest absolute Gasteiger partial charge is 0.254 e. The molecule has 7 nitrogen and oxygen atoms in total. The second-order valence-electron chi connectivity index (χ2n) is 9.77. The standard InChI is InChI=1S/C30H33FN4O3/c1-21(2)35(30(38)24-8-10-25(31)11-9-24)20-28(36)32-26-12-14-27(15-13-26)33-16-18-34(19-17-33)29(37)23-6-4-22(3)5-7-23/h4-15,21H,16-20H2,1-3H3,(H,32,36). The molecule has 1 N–H and O–H groups in total. The lowest BCUT2D eigenvalue weighted by molar-refractivity contribution is -0.117. The van der Waals surface area contributed by atoms with Crippen molar-refractivity contribution in [3.63, 3.8) is 0 Å². The van der Waals surface area contributed by atoms with E-state index in [9.17, 15) is 18.8 Å². The number of nitrogens with zero attached hydrogens (tertiary/aromatic N) is 3. The molecule has 0 aliphatic carbocycles. The van der Waals surface area contributed by atoms with Gasteiger partial charge in [-0.15, -0.1) is 0 Å². The normalized spacial score (nSPS) is 13.4. The largest absolute Gasteiger partial charge is 0.368 e. The number of hydrogen-bond donors (Lipinski definition) is 1. The Hall–Kier alpha value is -4.20. The van der Waals surface area contributed by atoms with Crippen LogP contribution in [0.5, 0.6) is 0 Å². The monoisotopic (exact) mass is 516 g/mol. The van der Waals surface area contributed by atoms with Gasteiger partial charge in [-0.1, -0.05) is 17.7 Å². The molecule has 8 heteroatoms. The van der Waals surface area contributed by atoms with Gasteiger partial charge in [0.05, 0.1) is 0 Å². The van der Waals surface area contributed by atoms with Crippen LogP contribution in [0, 0.1) is 12.7 Å². The molecule has 0 aromatic heterocycles. The molecule has 0 unspecified atom stereocenters. The van der Waals surface area contributed by atoms with Crippen LogP contribution in [-0.2, 0) is 4.79 Å². The first-order valence-corrected chi connectivity index (χ1v) is 12.8. The summed E-state index contributed by atoms with van der Waals surface area (Å²) < 4.78 is 13.2. The van der Waals surface area contributed by atoms with Crippen LogP contribution >= 0.6 is 0 Å². The van der Waals surface area contributed by atoms with Crippen molar-refractivity contribution in [2.24, 2.45) is 0 Å². The Morgan fingerprint density at radius 2 is 1.42 bits per heavy atom. The van der Waals surface area contributed by atoms with E-state index in [-0.39, 0.29) is 30.3 Å². The van der Waals surface area contributed by atoms with Gasteiger partial charge in [0.15, 0.2) is 0 Å². The van der Waals surface area contributed by atoms with Crippen LogP contribution in [0.2, 0.25) is 0 Å². The molecule has 0 bridgehead atoms. The van der Waals surface area contributed by atoms with Crippen LogP contribution in [0.1, 0.15) is 40.1 Å². The zero-order valence-electron chi connectivity index (χ0n) is 22.0. The second kappa shape index (κ2) is 11.9. The number of anilines is 2. The van der Waals surface area contributed by atoms with Crippen molar-refractivity contribution in [2.45, 2.75) is 26.8 Å². The van der Waals surface area contributed by atoms with Crippen LogP contribution in [-0.4, -0.2) is 66.3 Å². The van der Waals surface area contributed by atoms with Gasteiger partial charge in [0.1, 0.15) is 12.4 Å². The summed E-state index contributed by atoms with van der Waals surface area (Å²) in [6, 6.07) is 20.3. The van der Waals surface area contributed by atoms with Gasteiger partial charge in [0.25, 0.3) is 11.8 Å². The lowest BCUT2D eigenvalue weighted by atomic mass is 10.1. The van der Waals surface area contributed by atoms with E-state index in [2.05, 4.69) is 10.2 Å². The molecule has 38 heavy (non-hydrogen) atoms. The van der Waals surface area contributed by atoms with Crippen molar-refractivity contribution in [2.75, 3.05) is 42.9 Å². The lowest BCUT2D eigenvalue weighted by Gasteiger charge is -2.36. The molecule has 198 valence electrons. The number of amides is 3. The Bertz CT molecular complexity index is 1270. The first-order valence-electron chi connectivity index (χ1n) is 12.8. The number of halogens is 1. The SMILES string of the molecule is Cc1ccc(C(=O)N2CCN(c3ccc(NC(=O)CN(C(=O)c4ccc(F)cc4)C(C)C)cc3)CC2)cc1. The molecule has 1 fully saturated rings. The third kappa shape index (κ3) is 6.56. The number of benzene rings is 3. The predicted molar refractivity (Wildman–Crippen MR) is 147 cm³/mol. The van der Waals surface area contributed by atoms with Crippen LogP contribution in [0.25, 0.3) is 0 Å². The summed E-state index contributed by atoms with van der Waals surface area (Å²) in [5, 5.41) is 2.85. The van der Waals surface area contributed by atoms with Crippen LogP contribution in [0.3, 0.4) is 0 Å². The van der Waals surface area contributed by atoms with Gasteiger partial charge < -0.3 is 20.0 Å². The molecule has 0 saturated carbocycles. The number of aryl methyl sites for hydroxylation is 1. The van der Waals surface area contributed by atoms with Crippen LogP contribution in [0.15, 0.2) is 72.8 Å².